The summed E-state index contributed by atoms with van der Waals surface area (Å²) in [4.78, 5) is 2.64. The second-order valence-corrected chi connectivity index (χ2v) is 13.0. The van der Waals surface area contributed by atoms with Crippen LogP contribution in [0.15, 0.2) is 23.9 Å². The van der Waals surface area contributed by atoms with Gasteiger partial charge in [-0.3, -0.25) is 0 Å². The van der Waals surface area contributed by atoms with Crippen LogP contribution in [0.1, 0.15) is 117 Å². The lowest BCUT2D eigenvalue weighted by Crippen LogP contribution is -2.42. The van der Waals surface area contributed by atoms with E-state index in [4.69, 9.17) is 4.74 Å². The van der Waals surface area contributed by atoms with Crippen LogP contribution in [0.2, 0.25) is 0 Å². The summed E-state index contributed by atoms with van der Waals surface area (Å²) in [6.45, 7) is 5.00. The summed E-state index contributed by atoms with van der Waals surface area (Å²) in [5, 5.41) is 0. The molecule has 5 unspecified atom stereocenters. The van der Waals surface area contributed by atoms with Crippen molar-refractivity contribution in [3.05, 3.63) is 23.9 Å². The van der Waals surface area contributed by atoms with Crippen LogP contribution in [-0.4, -0.2) is 34.9 Å². The molecule has 5 aliphatic rings. The number of aliphatic hydroxyl groups is 2. The number of fused-ring (bicyclic) bond motifs is 1. The van der Waals surface area contributed by atoms with Crippen LogP contribution in [-0.2, 0) is 0 Å². The molecule has 186 valence electrons. The highest BCUT2D eigenvalue weighted by atomic mass is 16.5. The molecule has 2 nitrogen and oxygen atoms in total. The normalized spacial score (nSPS) is 39.9. The van der Waals surface area contributed by atoms with Gasteiger partial charge in [0.25, 0.3) is 0 Å². The molecule has 0 radical (unpaired) electrons. The molecule has 2 aliphatic heterocycles. The van der Waals surface area contributed by atoms with E-state index in [2.05, 4.69) is 44.0 Å². The zero-order valence-corrected chi connectivity index (χ0v) is 22.0. The van der Waals surface area contributed by atoms with Gasteiger partial charge < -0.3 is 9.64 Å². The van der Waals surface area contributed by atoms with E-state index in [-0.39, 0.29) is 0 Å². The third-order valence-electron chi connectivity index (χ3n) is 10.8. The Morgan fingerprint density at radius 3 is 2.09 bits per heavy atom. The largest absolute Gasteiger partial charge is 0.426 e. The minimum absolute atomic E-state index is 0.309. The fraction of sp³-hybridized carbons (Fsp3) is 0.871. The Bertz CT molecular complexity index is 670. The van der Waals surface area contributed by atoms with Gasteiger partial charge in [0.15, 0.2) is 12.2 Å². The fourth-order valence-electron chi connectivity index (χ4n) is 8.88. The molecule has 1 N–H and O–H groups in total. The molecule has 5 rings (SSSR count). The van der Waals surface area contributed by atoms with Crippen LogP contribution in [0, 0.1) is 29.1 Å². The van der Waals surface area contributed by atoms with Crippen molar-refractivity contribution < 1.29 is 4.74 Å². The molecule has 0 aromatic heterocycles. The zero-order chi connectivity index (χ0) is 22.8. The van der Waals surface area contributed by atoms with E-state index >= 15 is 0 Å². The Morgan fingerprint density at radius 2 is 1.39 bits per heavy atom. The Labute approximate surface area is 204 Å². The molecule has 5 fully saturated rings. The van der Waals surface area contributed by atoms with Gasteiger partial charge >= 0.3 is 0 Å². The van der Waals surface area contributed by atoms with Crippen molar-refractivity contribution in [3.8, 4) is 0 Å². The highest BCUT2D eigenvalue weighted by Gasteiger charge is 2.49. The number of likely N-dealkylation sites (tertiary alicyclic amines) is 1. The standard InChI is InChI=1S/C31H51NO/c1-31(2)27-18-10-11-19-28(27)32(3)30(31)20-12-17-26-21-25(23-13-6-4-7-14-23)22-29(33-26)24-15-8-5-9-16-24/h12,17,20,23-29H,4-11,13-16,18-19,21-22H2,1-3H3/p+1/b17-12+,30-20+. The van der Waals surface area contributed by atoms with Gasteiger partial charge in [-0.15, -0.1) is 0 Å². The molecule has 2 heteroatoms. The molecular formula is C31H52NO+. The minimum Gasteiger partial charge on any atom is -0.426 e. The van der Waals surface area contributed by atoms with Crippen LogP contribution in [0.3, 0.4) is 0 Å². The van der Waals surface area contributed by atoms with Crippen molar-refractivity contribution in [2.45, 2.75) is 135 Å². The Morgan fingerprint density at radius 1 is 0.758 bits per heavy atom. The van der Waals surface area contributed by atoms with E-state index < -0.39 is 0 Å². The summed E-state index contributed by atoms with van der Waals surface area (Å²) in [6.07, 6.45) is 31.5. The molecule has 3 saturated carbocycles. The first-order valence-electron chi connectivity index (χ1n) is 14.9. The van der Waals surface area contributed by atoms with Crippen molar-refractivity contribution in [1.82, 2.24) is 4.90 Å². The average Bonchev–Trinajstić information content (AvgIpc) is 3.05. The van der Waals surface area contributed by atoms with Crippen molar-refractivity contribution >= 4 is 0 Å². The molecule has 0 spiro atoms. The quantitative estimate of drug-likeness (QED) is 0.396. The predicted octanol–water partition coefficient (Wildman–Crippen LogP) is 7.79. The van der Waals surface area contributed by atoms with Gasteiger partial charge in [0, 0.05) is 43.0 Å². The van der Waals surface area contributed by atoms with Crippen LogP contribution in [0.5, 0.6) is 0 Å². The molecule has 2 heterocycles. The number of rotatable bonds is 4. The Kier molecular flexibility index (Phi) is 7.60. The molecule has 0 amide bonds. The molecule has 2 saturated heterocycles. The Balaban J connectivity index is 1.30. The number of ether oxygens (including phenoxy) is 1. The molecule has 3 aliphatic carbocycles. The third kappa shape index (κ3) is 5.12. The van der Waals surface area contributed by atoms with Gasteiger partial charge in [0.1, 0.15) is 0 Å². The van der Waals surface area contributed by atoms with Crippen LogP contribution >= 0.6 is 0 Å². The molecular weight excluding hydrogens is 402 g/mol. The number of nitrogens with zero attached hydrogens (tertiary/aromatic N) is 1. The van der Waals surface area contributed by atoms with Crippen LogP contribution < -0.4 is 0 Å². The first kappa shape index (κ1) is 24.0. The minimum atomic E-state index is 0.309. The lowest BCUT2D eigenvalue weighted by molar-refractivity contribution is -0.210. The smallest absolute Gasteiger partial charge is 0.174 e. The second-order valence-electron chi connectivity index (χ2n) is 13.0. The van der Waals surface area contributed by atoms with Gasteiger partial charge in [-0.2, -0.15) is 0 Å². The maximum Gasteiger partial charge on any atom is 0.174 e. The lowest BCUT2D eigenvalue weighted by atomic mass is 9.71. The van der Waals surface area contributed by atoms with Gasteiger partial charge in [0.05, 0.1) is 0 Å². The Hall–Kier alpha value is -0.760. The van der Waals surface area contributed by atoms with Gasteiger partial charge in [-0.25, -0.2) is 0 Å². The van der Waals surface area contributed by atoms with Crippen LogP contribution in [0.25, 0.3) is 0 Å². The van der Waals surface area contributed by atoms with Crippen molar-refractivity contribution in [2.75, 3.05) is 7.05 Å². The summed E-state index contributed by atoms with van der Waals surface area (Å²) in [5.41, 5.74) is 1.88. The zero-order valence-electron chi connectivity index (χ0n) is 22.0. The van der Waals surface area contributed by atoms with E-state index in [1.165, 1.54) is 103 Å². The van der Waals surface area contributed by atoms with Crippen molar-refractivity contribution in [1.29, 1.82) is 0 Å². The summed E-state index contributed by atoms with van der Waals surface area (Å²) >= 11 is 0. The van der Waals surface area contributed by atoms with E-state index in [0.717, 1.165) is 29.7 Å². The maximum absolute atomic E-state index is 5.51. The highest BCUT2D eigenvalue weighted by molar-refractivity contribution is 5.26. The summed E-state index contributed by atoms with van der Waals surface area (Å²) in [5.74, 6) is 3.62. The maximum atomic E-state index is 5.51. The van der Waals surface area contributed by atoms with E-state index in [1.54, 1.807) is 5.70 Å². The van der Waals surface area contributed by atoms with Crippen molar-refractivity contribution in [2.24, 2.45) is 29.1 Å². The summed E-state index contributed by atoms with van der Waals surface area (Å²) in [7, 11) is 2.36. The second kappa shape index (κ2) is 10.5. The molecule has 0 bridgehead atoms. The lowest BCUT2D eigenvalue weighted by Gasteiger charge is -2.40. The van der Waals surface area contributed by atoms with Crippen molar-refractivity contribution in [3.63, 3.8) is 0 Å². The first-order chi connectivity index (χ1) is 16.0. The molecule has 5 atom stereocenters. The topological polar surface area (TPSA) is 16.0 Å². The monoisotopic (exact) mass is 454 g/mol. The summed E-state index contributed by atoms with van der Waals surface area (Å²) < 4.78 is 5.51. The fourth-order valence-corrected chi connectivity index (χ4v) is 8.88. The van der Waals surface area contributed by atoms with Gasteiger partial charge in [0.2, 0.25) is 0 Å². The number of hydrogen-bond donors (Lipinski definition) is 0. The van der Waals surface area contributed by atoms with Gasteiger partial charge in [-0.05, 0) is 55.6 Å². The first-order valence-corrected chi connectivity index (χ1v) is 14.9. The number of hydrogen-bond acceptors (Lipinski definition) is 1. The summed E-state index contributed by atoms with van der Waals surface area (Å²) in [6, 6.07) is 0.763. The molecule has 33 heavy (non-hydrogen) atoms. The van der Waals surface area contributed by atoms with E-state index in [9.17, 15) is 0 Å². The average molecular weight is 455 g/mol. The highest BCUT2D eigenvalue weighted by Crippen LogP contribution is 2.52. The van der Waals surface area contributed by atoms with E-state index in [0.29, 0.717) is 17.6 Å². The van der Waals surface area contributed by atoms with Gasteiger partial charge in [-0.1, -0.05) is 84.1 Å². The third-order valence-corrected chi connectivity index (χ3v) is 10.8. The van der Waals surface area contributed by atoms with E-state index in [1.807, 2.05) is 0 Å². The number of allylic oxidation sites excluding steroid dienone is 3. The van der Waals surface area contributed by atoms with Crippen LogP contribution in [0.4, 0.5) is 0 Å². The molecule has 0 aromatic rings. The predicted molar refractivity (Wildman–Crippen MR) is 140 cm³/mol. The molecule has 0 aromatic carbocycles. The SMILES string of the molecule is CN1/C(=C/C=C/C2CC(C3CCCCC3)CC(C3CCCCC3)[OH+]2)C(C)(C)C2CCCCC21.